The Balaban J connectivity index is 1.63. The van der Waals surface area contributed by atoms with Gasteiger partial charge in [0, 0.05) is 12.1 Å². The minimum absolute atomic E-state index is 0.102. The predicted octanol–water partition coefficient (Wildman–Crippen LogP) is 4.93. The Hall–Kier alpha value is -0.960. The van der Waals surface area contributed by atoms with Gasteiger partial charge in [0.15, 0.2) is 0 Å². The highest BCUT2D eigenvalue weighted by Gasteiger charge is 2.17. The third-order valence-electron chi connectivity index (χ3n) is 4.43. The lowest BCUT2D eigenvalue weighted by atomic mass is 9.81. The number of hydrogen-bond donors (Lipinski definition) is 1. The molecule has 20 heavy (non-hydrogen) atoms. The van der Waals surface area contributed by atoms with Gasteiger partial charge in [-0.2, -0.15) is 0 Å². The van der Waals surface area contributed by atoms with Gasteiger partial charge in [-0.1, -0.05) is 56.9 Å². The van der Waals surface area contributed by atoms with Gasteiger partial charge in [-0.25, -0.2) is 8.78 Å². The standard InChI is InChI=1S/C17H25F2N/c1-13-2-4-14(5-3-13)10-11-20-12-15-6-8-16(9-7-15)17(18)19/h6-9,13-14,17,20H,2-5,10-12H2,1H3. The van der Waals surface area contributed by atoms with E-state index >= 15 is 0 Å². The number of halogens is 2. The van der Waals surface area contributed by atoms with E-state index in [2.05, 4.69) is 12.2 Å². The molecule has 0 unspecified atom stereocenters. The summed E-state index contributed by atoms with van der Waals surface area (Å²) in [5, 5.41) is 3.42. The van der Waals surface area contributed by atoms with E-state index in [1.807, 2.05) is 0 Å². The third kappa shape index (κ3) is 4.86. The van der Waals surface area contributed by atoms with E-state index in [0.29, 0.717) is 0 Å². The molecular formula is C17H25F2N. The zero-order chi connectivity index (χ0) is 14.4. The van der Waals surface area contributed by atoms with Crippen molar-refractivity contribution in [1.82, 2.24) is 5.32 Å². The molecular weight excluding hydrogens is 256 g/mol. The van der Waals surface area contributed by atoms with Crippen LogP contribution in [0, 0.1) is 11.8 Å². The number of nitrogens with one attached hydrogen (secondary N) is 1. The van der Waals surface area contributed by atoms with Gasteiger partial charge in [-0.3, -0.25) is 0 Å². The van der Waals surface area contributed by atoms with Crippen molar-refractivity contribution in [1.29, 1.82) is 0 Å². The van der Waals surface area contributed by atoms with Crippen molar-refractivity contribution < 1.29 is 8.78 Å². The summed E-state index contributed by atoms with van der Waals surface area (Å²) in [5.74, 6) is 1.78. The summed E-state index contributed by atoms with van der Waals surface area (Å²) in [7, 11) is 0. The molecule has 0 atom stereocenters. The normalized spacial score (nSPS) is 23.2. The molecule has 2 rings (SSSR count). The van der Waals surface area contributed by atoms with Crippen LogP contribution < -0.4 is 5.32 Å². The molecule has 1 N–H and O–H groups in total. The Morgan fingerprint density at radius 1 is 1.10 bits per heavy atom. The summed E-state index contributed by atoms with van der Waals surface area (Å²) in [6.45, 7) is 4.14. The number of hydrogen-bond acceptors (Lipinski definition) is 1. The Labute approximate surface area is 120 Å². The molecule has 112 valence electrons. The largest absolute Gasteiger partial charge is 0.313 e. The van der Waals surface area contributed by atoms with Crippen LogP contribution in [-0.4, -0.2) is 6.54 Å². The molecule has 1 aliphatic rings. The first-order valence-corrected chi connectivity index (χ1v) is 7.73. The molecule has 3 heteroatoms. The van der Waals surface area contributed by atoms with E-state index in [1.165, 1.54) is 44.2 Å². The van der Waals surface area contributed by atoms with Crippen LogP contribution in [0.4, 0.5) is 8.78 Å². The van der Waals surface area contributed by atoms with Gasteiger partial charge in [0.2, 0.25) is 0 Å². The summed E-state index contributed by atoms with van der Waals surface area (Å²) in [4.78, 5) is 0. The highest BCUT2D eigenvalue weighted by atomic mass is 19.3. The van der Waals surface area contributed by atoms with Crippen molar-refractivity contribution in [3.63, 3.8) is 0 Å². The van der Waals surface area contributed by atoms with Crippen molar-refractivity contribution in [2.45, 2.75) is 52.0 Å². The zero-order valence-electron chi connectivity index (χ0n) is 12.2. The second kappa shape index (κ2) is 7.72. The summed E-state index contributed by atoms with van der Waals surface area (Å²) >= 11 is 0. The van der Waals surface area contributed by atoms with Crippen LogP contribution in [0.2, 0.25) is 0 Å². The smallest absolute Gasteiger partial charge is 0.263 e. The van der Waals surface area contributed by atoms with E-state index in [4.69, 9.17) is 0 Å². The van der Waals surface area contributed by atoms with E-state index in [-0.39, 0.29) is 5.56 Å². The van der Waals surface area contributed by atoms with Gasteiger partial charge in [-0.05, 0) is 30.4 Å². The van der Waals surface area contributed by atoms with Crippen LogP contribution in [0.3, 0.4) is 0 Å². The molecule has 1 aromatic rings. The molecule has 0 heterocycles. The Kier molecular flexibility index (Phi) is 5.96. The summed E-state index contributed by atoms with van der Waals surface area (Å²) in [5.41, 5.74) is 1.18. The van der Waals surface area contributed by atoms with Crippen LogP contribution in [0.25, 0.3) is 0 Å². The molecule has 0 spiro atoms. The van der Waals surface area contributed by atoms with Gasteiger partial charge in [-0.15, -0.1) is 0 Å². The highest BCUT2D eigenvalue weighted by molar-refractivity contribution is 5.23. The molecule has 1 aliphatic carbocycles. The third-order valence-corrected chi connectivity index (χ3v) is 4.43. The number of benzene rings is 1. The van der Waals surface area contributed by atoms with Crippen LogP contribution in [0.5, 0.6) is 0 Å². The van der Waals surface area contributed by atoms with E-state index in [9.17, 15) is 8.78 Å². The van der Waals surface area contributed by atoms with Gasteiger partial charge >= 0.3 is 0 Å². The van der Waals surface area contributed by atoms with Crippen molar-refractivity contribution in [2.24, 2.45) is 11.8 Å². The molecule has 0 aromatic heterocycles. The van der Waals surface area contributed by atoms with E-state index in [0.717, 1.165) is 30.5 Å². The Morgan fingerprint density at radius 2 is 1.75 bits per heavy atom. The highest BCUT2D eigenvalue weighted by Crippen LogP contribution is 2.29. The maximum atomic E-state index is 12.4. The first-order valence-electron chi connectivity index (χ1n) is 7.73. The van der Waals surface area contributed by atoms with Gasteiger partial charge in [0.1, 0.15) is 0 Å². The molecule has 1 fully saturated rings. The average Bonchev–Trinajstić information content (AvgIpc) is 2.46. The average molecular weight is 281 g/mol. The first-order chi connectivity index (χ1) is 9.65. The number of rotatable bonds is 6. The second-order valence-electron chi connectivity index (χ2n) is 6.13. The van der Waals surface area contributed by atoms with Gasteiger partial charge < -0.3 is 5.32 Å². The van der Waals surface area contributed by atoms with Crippen molar-refractivity contribution in [3.8, 4) is 0 Å². The molecule has 1 aromatic carbocycles. The van der Waals surface area contributed by atoms with Crippen LogP contribution in [0.1, 0.15) is 56.6 Å². The number of alkyl halides is 2. The Bertz CT molecular complexity index is 380. The summed E-state index contributed by atoms with van der Waals surface area (Å²) < 4.78 is 24.8. The lowest BCUT2D eigenvalue weighted by Gasteiger charge is -2.26. The van der Waals surface area contributed by atoms with Gasteiger partial charge in [0.05, 0.1) is 0 Å². The summed E-state index contributed by atoms with van der Waals surface area (Å²) in [6, 6.07) is 6.61. The molecule has 0 radical (unpaired) electrons. The lowest BCUT2D eigenvalue weighted by molar-refractivity contribution is 0.151. The molecule has 0 bridgehead atoms. The second-order valence-corrected chi connectivity index (χ2v) is 6.13. The van der Waals surface area contributed by atoms with E-state index in [1.54, 1.807) is 12.1 Å². The fourth-order valence-corrected chi connectivity index (χ4v) is 2.94. The zero-order valence-corrected chi connectivity index (χ0v) is 12.2. The lowest BCUT2D eigenvalue weighted by Crippen LogP contribution is -2.20. The quantitative estimate of drug-likeness (QED) is 0.729. The summed E-state index contributed by atoms with van der Waals surface area (Å²) in [6.07, 6.45) is 4.35. The van der Waals surface area contributed by atoms with Crippen molar-refractivity contribution >= 4 is 0 Å². The fraction of sp³-hybridized carbons (Fsp3) is 0.647. The van der Waals surface area contributed by atoms with E-state index < -0.39 is 6.43 Å². The molecule has 1 saturated carbocycles. The van der Waals surface area contributed by atoms with Crippen molar-refractivity contribution in [3.05, 3.63) is 35.4 Å². The maximum absolute atomic E-state index is 12.4. The van der Waals surface area contributed by atoms with Crippen LogP contribution in [-0.2, 0) is 6.54 Å². The molecule has 1 nitrogen and oxygen atoms in total. The molecule has 0 saturated heterocycles. The molecule has 0 amide bonds. The minimum Gasteiger partial charge on any atom is -0.313 e. The van der Waals surface area contributed by atoms with Crippen LogP contribution >= 0.6 is 0 Å². The maximum Gasteiger partial charge on any atom is 0.263 e. The fourth-order valence-electron chi connectivity index (χ4n) is 2.94. The minimum atomic E-state index is -2.37. The van der Waals surface area contributed by atoms with Gasteiger partial charge in [0.25, 0.3) is 6.43 Å². The topological polar surface area (TPSA) is 12.0 Å². The molecule has 0 aliphatic heterocycles. The monoisotopic (exact) mass is 281 g/mol. The first kappa shape index (κ1) is 15.4. The predicted molar refractivity (Wildman–Crippen MR) is 78.8 cm³/mol. The SMILES string of the molecule is CC1CCC(CCNCc2ccc(C(F)F)cc2)CC1. The van der Waals surface area contributed by atoms with Crippen molar-refractivity contribution in [2.75, 3.05) is 6.54 Å². The van der Waals surface area contributed by atoms with Crippen LogP contribution in [0.15, 0.2) is 24.3 Å². The Morgan fingerprint density at radius 3 is 2.35 bits per heavy atom.